The van der Waals surface area contributed by atoms with Crippen molar-refractivity contribution in [1.29, 1.82) is 10.5 Å². The maximum absolute atomic E-state index is 17.3. The highest BCUT2D eigenvalue weighted by atomic mass is 19.1. The molecule has 0 N–H and O–H groups in total. The molecule has 186 valence electrons. The Hall–Kier alpha value is -4.82. The van der Waals surface area contributed by atoms with Gasteiger partial charge in [-0.1, -0.05) is 24.3 Å². The monoisotopic (exact) mass is 495 g/mol. The van der Waals surface area contributed by atoms with E-state index in [2.05, 4.69) is 17.1 Å². The topological polar surface area (TPSA) is 87.1 Å². The normalized spacial score (nSPS) is 12.2. The maximum atomic E-state index is 17.3. The van der Waals surface area contributed by atoms with Crippen LogP contribution in [0.4, 0.5) is 10.1 Å². The number of hydrogen-bond acceptors (Lipinski definition) is 6. The largest absolute Gasteiger partial charge is 0.497 e. The predicted octanol–water partition coefficient (Wildman–Crippen LogP) is 5.20. The minimum Gasteiger partial charge on any atom is -0.497 e. The Morgan fingerprint density at radius 3 is 2.32 bits per heavy atom. The molecule has 0 saturated carbocycles. The van der Waals surface area contributed by atoms with Gasteiger partial charge in [-0.15, -0.1) is 0 Å². The van der Waals surface area contributed by atoms with Crippen molar-refractivity contribution < 1.29 is 13.9 Å². The summed E-state index contributed by atoms with van der Waals surface area (Å²) in [5.41, 5.74) is 1.73. The van der Waals surface area contributed by atoms with Gasteiger partial charge in [0.15, 0.2) is 5.67 Å². The van der Waals surface area contributed by atoms with Gasteiger partial charge in [0.25, 0.3) is 0 Å². The standard InChI is InChI=1S/C29H26FN5O2/c1-34(18-29(30,27-17-33-19-35(27)2)23-10-8-20(15-31)9-11-23)28-25(12-21(16-32)13-26(28)37-4)22-6-5-7-24(14-22)36-3/h5-14,17,19H,18H2,1-4H3. The van der Waals surface area contributed by atoms with Gasteiger partial charge in [-0.05, 0) is 41.5 Å². The highest BCUT2D eigenvalue weighted by molar-refractivity contribution is 5.85. The summed E-state index contributed by atoms with van der Waals surface area (Å²) in [5, 5.41) is 18.9. The molecule has 0 amide bonds. The van der Waals surface area contributed by atoms with Crippen molar-refractivity contribution >= 4 is 5.69 Å². The Kier molecular flexibility index (Phi) is 7.13. The lowest BCUT2D eigenvalue weighted by atomic mass is 9.90. The molecule has 3 aromatic carbocycles. The van der Waals surface area contributed by atoms with Crippen LogP contribution in [0.15, 0.2) is 73.2 Å². The van der Waals surface area contributed by atoms with E-state index in [9.17, 15) is 10.5 Å². The minimum atomic E-state index is -1.99. The molecule has 0 aliphatic rings. The summed E-state index contributed by atoms with van der Waals surface area (Å²) in [5.74, 6) is 1.09. The van der Waals surface area contributed by atoms with Crippen LogP contribution < -0.4 is 14.4 Å². The number of imidazole rings is 1. The van der Waals surface area contributed by atoms with E-state index in [1.54, 1.807) is 73.4 Å². The van der Waals surface area contributed by atoms with Gasteiger partial charge in [0.1, 0.15) is 11.5 Å². The second-order valence-corrected chi connectivity index (χ2v) is 8.65. The van der Waals surface area contributed by atoms with E-state index in [0.29, 0.717) is 45.1 Å². The van der Waals surface area contributed by atoms with E-state index in [0.717, 1.165) is 5.56 Å². The molecule has 0 aliphatic carbocycles. The van der Waals surface area contributed by atoms with Gasteiger partial charge in [-0.2, -0.15) is 10.5 Å². The minimum absolute atomic E-state index is 0.0995. The number of nitriles is 2. The number of hydrogen-bond donors (Lipinski definition) is 0. The molecule has 1 atom stereocenters. The quantitative estimate of drug-likeness (QED) is 0.334. The molecular formula is C29H26FN5O2. The Morgan fingerprint density at radius 2 is 1.73 bits per heavy atom. The molecule has 0 saturated heterocycles. The third kappa shape index (κ3) is 4.82. The number of likely N-dealkylation sites (N-methyl/N-ethyl adjacent to an activating group) is 1. The molecule has 1 unspecified atom stereocenters. The van der Waals surface area contributed by atoms with Crippen molar-refractivity contribution in [3.05, 3.63) is 95.6 Å². The third-order valence-corrected chi connectivity index (χ3v) is 6.34. The number of benzene rings is 3. The summed E-state index contributed by atoms with van der Waals surface area (Å²) in [6, 6.07) is 21.6. The highest BCUT2D eigenvalue weighted by Crippen LogP contribution is 2.43. The van der Waals surface area contributed by atoms with E-state index in [1.807, 2.05) is 24.3 Å². The lowest BCUT2D eigenvalue weighted by Crippen LogP contribution is -2.38. The van der Waals surface area contributed by atoms with Gasteiger partial charge in [0, 0.05) is 25.7 Å². The predicted molar refractivity (Wildman–Crippen MR) is 139 cm³/mol. The molecule has 37 heavy (non-hydrogen) atoms. The molecule has 0 bridgehead atoms. The van der Waals surface area contributed by atoms with E-state index in [-0.39, 0.29) is 6.54 Å². The SMILES string of the molecule is COc1cccc(-c2cc(C#N)cc(OC)c2N(C)CC(F)(c2ccc(C#N)cc2)c2cncn2C)c1. The smallest absolute Gasteiger partial charge is 0.194 e. The van der Waals surface area contributed by atoms with Crippen molar-refractivity contribution in [2.45, 2.75) is 5.67 Å². The second-order valence-electron chi connectivity index (χ2n) is 8.65. The Labute approximate surface area is 215 Å². The van der Waals surface area contributed by atoms with E-state index < -0.39 is 5.67 Å². The van der Waals surface area contributed by atoms with Crippen LogP contribution in [0.5, 0.6) is 11.5 Å². The number of aryl methyl sites for hydroxylation is 1. The summed E-state index contributed by atoms with van der Waals surface area (Å²) in [6.45, 7) is -0.0995. The molecule has 0 radical (unpaired) electrons. The molecule has 4 rings (SSSR count). The number of aromatic nitrogens is 2. The van der Waals surface area contributed by atoms with Crippen LogP contribution >= 0.6 is 0 Å². The number of anilines is 1. The molecule has 8 heteroatoms. The van der Waals surface area contributed by atoms with Gasteiger partial charge in [-0.3, -0.25) is 0 Å². The van der Waals surface area contributed by atoms with Crippen LogP contribution in [0.25, 0.3) is 11.1 Å². The van der Waals surface area contributed by atoms with Crippen molar-refractivity contribution in [3.63, 3.8) is 0 Å². The zero-order valence-electron chi connectivity index (χ0n) is 21.1. The molecule has 7 nitrogen and oxygen atoms in total. The third-order valence-electron chi connectivity index (χ3n) is 6.34. The Morgan fingerprint density at radius 1 is 1.00 bits per heavy atom. The molecular weight excluding hydrogens is 469 g/mol. The van der Waals surface area contributed by atoms with Crippen LogP contribution in [0, 0.1) is 22.7 Å². The summed E-state index contributed by atoms with van der Waals surface area (Å²) in [4.78, 5) is 5.92. The zero-order valence-corrected chi connectivity index (χ0v) is 21.1. The van der Waals surface area contributed by atoms with E-state index in [1.165, 1.54) is 13.3 Å². The molecule has 1 heterocycles. The summed E-state index contributed by atoms with van der Waals surface area (Å²) < 4.78 is 30.0. The highest BCUT2D eigenvalue weighted by Gasteiger charge is 2.39. The fraction of sp³-hybridized carbons (Fsp3) is 0.207. The fourth-order valence-corrected chi connectivity index (χ4v) is 4.51. The van der Waals surface area contributed by atoms with Crippen molar-refractivity contribution in [2.24, 2.45) is 7.05 Å². The number of methoxy groups -OCH3 is 2. The van der Waals surface area contributed by atoms with Crippen LogP contribution in [0.1, 0.15) is 22.4 Å². The van der Waals surface area contributed by atoms with E-state index >= 15 is 4.39 Å². The molecule has 0 aliphatic heterocycles. The number of alkyl halides is 1. The molecule has 1 aromatic heterocycles. The van der Waals surface area contributed by atoms with Crippen LogP contribution in [0.2, 0.25) is 0 Å². The number of nitrogens with zero attached hydrogens (tertiary/aromatic N) is 5. The lowest BCUT2D eigenvalue weighted by molar-refractivity contribution is 0.217. The molecule has 0 spiro atoms. The zero-order chi connectivity index (χ0) is 26.6. The van der Waals surface area contributed by atoms with Crippen molar-refractivity contribution in [1.82, 2.24) is 9.55 Å². The summed E-state index contributed by atoms with van der Waals surface area (Å²) >= 11 is 0. The number of ether oxygens (including phenoxy) is 2. The van der Waals surface area contributed by atoms with Gasteiger partial charge in [0.2, 0.25) is 0 Å². The molecule has 4 aromatic rings. The average molecular weight is 496 g/mol. The van der Waals surface area contributed by atoms with Crippen molar-refractivity contribution in [3.8, 4) is 34.8 Å². The van der Waals surface area contributed by atoms with E-state index in [4.69, 9.17) is 9.47 Å². The first-order valence-electron chi connectivity index (χ1n) is 11.5. The van der Waals surface area contributed by atoms with Crippen LogP contribution in [-0.2, 0) is 12.7 Å². The fourth-order valence-electron chi connectivity index (χ4n) is 4.51. The first kappa shape index (κ1) is 25.3. The molecule has 0 fully saturated rings. The number of rotatable bonds is 8. The average Bonchev–Trinajstić information content (AvgIpc) is 3.38. The van der Waals surface area contributed by atoms with Crippen molar-refractivity contribution in [2.75, 3.05) is 32.7 Å². The van der Waals surface area contributed by atoms with Crippen LogP contribution in [0.3, 0.4) is 0 Å². The Bertz CT molecular complexity index is 1500. The second kappa shape index (κ2) is 10.4. The van der Waals surface area contributed by atoms with Gasteiger partial charge >= 0.3 is 0 Å². The van der Waals surface area contributed by atoms with Gasteiger partial charge in [0.05, 0.1) is 67.9 Å². The lowest BCUT2D eigenvalue weighted by Gasteiger charge is -2.34. The summed E-state index contributed by atoms with van der Waals surface area (Å²) in [7, 11) is 6.63. The maximum Gasteiger partial charge on any atom is 0.194 e. The first-order valence-corrected chi connectivity index (χ1v) is 11.5. The Balaban J connectivity index is 1.89. The number of halogens is 1. The summed E-state index contributed by atoms with van der Waals surface area (Å²) in [6.07, 6.45) is 3.06. The first-order chi connectivity index (χ1) is 17.8. The van der Waals surface area contributed by atoms with Crippen LogP contribution in [-0.4, -0.2) is 37.4 Å². The van der Waals surface area contributed by atoms with Gasteiger partial charge in [-0.25, -0.2) is 9.37 Å². The van der Waals surface area contributed by atoms with Gasteiger partial charge < -0.3 is 18.9 Å².